The van der Waals surface area contributed by atoms with E-state index in [4.69, 9.17) is 50.6 Å². The maximum absolute atomic E-state index is 5.81. The van der Waals surface area contributed by atoms with Gasteiger partial charge >= 0.3 is 66.4 Å². The second kappa shape index (κ2) is 30.5. The summed E-state index contributed by atoms with van der Waals surface area (Å²) in [6.07, 6.45) is 89.0. The zero-order valence-electron chi connectivity index (χ0n) is 65.7. The molecule has 13 heteroatoms. The van der Waals surface area contributed by atoms with Crippen LogP contribution in [0.3, 0.4) is 0 Å². The zero-order valence-corrected chi connectivity index (χ0v) is 74.6. The van der Waals surface area contributed by atoms with E-state index in [2.05, 4.69) is 5.32 Å². The molecule has 33 aliphatic rings. The molecule has 0 spiro atoms. The van der Waals surface area contributed by atoms with Gasteiger partial charge in [0.2, 0.25) is 0 Å². The molecule has 33 fully saturated rings. The van der Waals surface area contributed by atoms with Crippen LogP contribution in [0.5, 0.6) is 0 Å². The molecule has 1 aliphatic heterocycles. The summed E-state index contributed by atoms with van der Waals surface area (Å²) in [5.41, 5.74) is 0. The fourth-order valence-electron chi connectivity index (χ4n) is 41.2. The Bertz CT molecular complexity index is 2210. The molecule has 0 aromatic rings. The Morgan fingerprint density at radius 1 is 0.305 bits per heavy atom. The van der Waals surface area contributed by atoms with Crippen molar-refractivity contribution in [2.45, 2.75) is 362 Å². The molecule has 0 aromatic carbocycles. The molecule has 0 radical (unpaired) electrons. The van der Waals surface area contributed by atoms with Crippen LogP contribution in [0.2, 0.25) is 0 Å². The summed E-state index contributed by atoms with van der Waals surface area (Å²) in [4.78, 5) is 0. The van der Waals surface area contributed by atoms with Crippen LogP contribution >= 0.6 is 72.3 Å². The van der Waals surface area contributed by atoms with E-state index in [0.29, 0.717) is 25.8 Å². The predicted molar refractivity (Wildman–Crippen MR) is 447 cm³/mol. The van der Waals surface area contributed by atoms with E-state index < -0.39 is 15.8 Å². The maximum atomic E-state index is 5.81. The third-order valence-corrected chi connectivity index (χ3v) is 57.1. The van der Waals surface area contributed by atoms with Crippen LogP contribution in [-0.4, -0.2) is 105 Å². The molecular formula is C92H147Cl4Co2N2OP4+2. The van der Waals surface area contributed by atoms with Gasteiger partial charge in [0.15, 0.2) is 0 Å². The number of hydrogen-bond donors (Lipinski definition) is 1. The Labute approximate surface area is 675 Å². The summed E-state index contributed by atoms with van der Waals surface area (Å²) in [7, 11) is 18.5. The second-order valence-electron chi connectivity index (χ2n) is 47.0. The fourth-order valence-corrected chi connectivity index (χ4v) is 63.1. The number of ether oxygens (including phenoxy) is 1. The molecule has 32 aliphatic carbocycles. The monoisotopic (exact) mass is 1680 g/mol. The minimum atomic E-state index is -0.391. The van der Waals surface area contributed by atoms with Crippen molar-refractivity contribution in [1.29, 1.82) is 0 Å². The van der Waals surface area contributed by atoms with Crippen LogP contribution in [0.1, 0.15) is 321 Å². The molecule has 3 nitrogen and oxygen atoms in total. The first kappa shape index (κ1) is 76.2. The molecular weight excluding hydrogens is 1530 g/mol. The van der Waals surface area contributed by atoms with Crippen LogP contribution in [-0.2, 0) is 30.5 Å². The Morgan fingerprint density at radius 2 is 0.467 bits per heavy atom. The van der Waals surface area contributed by atoms with E-state index in [1.165, 1.54) is 39.0 Å². The molecule has 0 atom stereocenters. The fraction of sp³-hybridized carbons (Fsp3) is 1.00. The first-order chi connectivity index (χ1) is 51.1. The summed E-state index contributed by atoms with van der Waals surface area (Å²) >= 11 is 0.764. The van der Waals surface area contributed by atoms with Crippen molar-refractivity contribution in [3.8, 4) is 0 Å². The third kappa shape index (κ3) is 14.5. The van der Waals surface area contributed by atoms with Crippen molar-refractivity contribution >= 4 is 72.3 Å². The van der Waals surface area contributed by atoms with Gasteiger partial charge in [-0.05, 0) is 509 Å². The van der Waals surface area contributed by atoms with Crippen LogP contribution < -0.4 is 5.32 Å². The Balaban J connectivity index is 0.000000119. The summed E-state index contributed by atoms with van der Waals surface area (Å²) in [6, 6.07) is 0. The molecule has 0 amide bonds. The molecule has 0 unspecified atom stereocenters. The van der Waals surface area contributed by atoms with Gasteiger partial charge in [-0.15, -0.1) is 13.1 Å². The standard InChI is InChI=1S/C44H69NP2.C44H68NP2.C4H8O.4ClH.2Co/c2*1(3-46(41-17-29-5-30(18-41)7-31(6-29)19-41)42-20-32-8-33(21-42)10-34(9-32)22-42)45-2-4-47(43-23-35-11-36(24-43)13-37(12-35)25-43)44-26-38-14-39(27-44)16-40(15-38)28-44;1-2-4-5-3-1;;;;;;/h29-40,45H,1-28H2;29-40H,1-28H2;1-4H2;4*1H;;/q;-1;;;;;;+2;+3/p-2. The van der Waals surface area contributed by atoms with Gasteiger partial charge in [-0.2, -0.15) is 0 Å². The summed E-state index contributed by atoms with van der Waals surface area (Å²) < 4.78 is 4.94. The van der Waals surface area contributed by atoms with Gasteiger partial charge in [0.25, 0.3) is 0 Å². The topological polar surface area (TPSA) is 35.4 Å². The summed E-state index contributed by atoms with van der Waals surface area (Å²) in [5.74, 6) is 27.3. The van der Waals surface area contributed by atoms with E-state index in [-0.39, 0.29) is 15.8 Å². The average Bonchev–Trinajstić information content (AvgIpc) is 0.745. The SMILES string of the molecule is C(CP(C12CC3CC(CC(C3)C1)C2)C12CC3CC(CC(C3)C1)C2)NCCP(C12CC3CC(CC(C3)C1)C2)C12CC3CC(CC(C3)C1)C2.C(C[PH+](C12CC3CC(CC(C3)C1)C2)C12CC3CC(CC(C3)C1)C2)[N-]CC[PH+](C12CC3CC(CC(C3)C1)C2)C12CC3CC(CC(C3)C1)C2.C1CCOC1.[Cl][Co+][Cl].[Cl][Co][Cl]. The van der Waals surface area contributed by atoms with Crippen LogP contribution in [0.15, 0.2) is 0 Å². The van der Waals surface area contributed by atoms with Gasteiger partial charge in [-0.25, -0.2) is 0 Å². The Morgan fingerprint density at radius 3 is 0.619 bits per heavy atom. The second-order valence-corrected chi connectivity index (χ2v) is 64.0. The number of halogens is 4. The minimum absolute atomic E-state index is 0.157. The molecule has 32 bridgehead atoms. The van der Waals surface area contributed by atoms with E-state index in [9.17, 15) is 0 Å². The summed E-state index contributed by atoms with van der Waals surface area (Å²) in [5, 5.41) is 16.9. The van der Waals surface area contributed by atoms with Crippen LogP contribution in [0.25, 0.3) is 5.32 Å². The van der Waals surface area contributed by atoms with Crippen molar-refractivity contribution in [1.82, 2.24) is 5.32 Å². The third-order valence-electron chi connectivity index (χ3n) is 39.9. The van der Waals surface area contributed by atoms with Gasteiger partial charge in [0, 0.05) is 41.4 Å². The number of rotatable bonds is 20. The Hall–Kier alpha value is 3.77. The molecule has 33 rings (SSSR count). The van der Waals surface area contributed by atoms with E-state index in [1.807, 2.05) is 0 Å². The van der Waals surface area contributed by atoms with Gasteiger partial charge < -0.3 is 15.4 Å². The molecule has 105 heavy (non-hydrogen) atoms. The number of hydrogen-bond acceptors (Lipinski definition) is 2. The number of nitrogens with zero attached hydrogens (tertiary/aromatic N) is 1. The average molecular weight is 1680 g/mol. The predicted octanol–water partition coefficient (Wildman–Crippen LogP) is 26.6. The van der Waals surface area contributed by atoms with Crippen molar-refractivity contribution in [3.05, 3.63) is 5.32 Å². The van der Waals surface area contributed by atoms with Crippen molar-refractivity contribution in [2.24, 2.45) is 142 Å². The summed E-state index contributed by atoms with van der Waals surface area (Å²) in [6.45, 7) is 7.41. The molecule has 1 heterocycles. The van der Waals surface area contributed by atoms with Gasteiger partial charge in [0.05, 0.1) is 20.6 Å². The normalized spacial score (nSPS) is 55.0. The molecule has 0 aromatic heterocycles. The van der Waals surface area contributed by atoms with Crippen LogP contribution in [0, 0.1) is 142 Å². The molecule has 595 valence electrons. The first-order valence-corrected chi connectivity index (χ1v) is 59.2. The quantitative estimate of drug-likeness (QED) is 0.0974. The molecule has 32 saturated carbocycles. The van der Waals surface area contributed by atoms with Gasteiger partial charge in [-0.3, -0.25) is 0 Å². The van der Waals surface area contributed by atoms with E-state index in [0.717, 1.165) is 196 Å². The van der Waals surface area contributed by atoms with Crippen molar-refractivity contribution < 1.29 is 30.5 Å². The van der Waals surface area contributed by atoms with Crippen molar-refractivity contribution in [2.75, 3.05) is 64.0 Å². The van der Waals surface area contributed by atoms with E-state index in [1.54, 1.807) is 333 Å². The first-order valence-electron chi connectivity index (χ1n) is 47.0. The van der Waals surface area contributed by atoms with Gasteiger partial charge in [-0.1, -0.05) is 15.8 Å². The van der Waals surface area contributed by atoms with Gasteiger partial charge in [0.1, 0.15) is 0 Å². The van der Waals surface area contributed by atoms with E-state index >= 15 is 0 Å². The molecule has 1 saturated heterocycles. The molecule has 1 N–H and O–H groups in total. The van der Waals surface area contributed by atoms with Crippen molar-refractivity contribution in [3.63, 3.8) is 0 Å². The number of nitrogens with one attached hydrogen (secondary N) is 1. The Kier molecular flexibility index (Phi) is 22.1. The van der Waals surface area contributed by atoms with Crippen LogP contribution in [0.4, 0.5) is 0 Å². The zero-order chi connectivity index (χ0) is 70.1.